The maximum atomic E-state index is 12.3. The van der Waals surface area contributed by atoms with Crippen molar-refractivity contribution in [1.82, 2.24) is 5.32 Å². The van der Waals surface area contributed by atoms with Gasteiger partial charge in [-0.15, -0.1) is 0 Å². The third-order valence-electron chi connectivity index (χ3n) is 4.24. The maximum Gasteiger partial charge on any atom is 0.223 e. The van der Waals surface area contributed by atoms with Crippen LogP contribution in [0.2, 0.25) is 0 Å². The Bertz CT molecular complexity index is 481. The van der Waals surface area contributed by atoms with Crippen molar-refractivity contribution >= 4 is 5.91 Å². The van der Waals surface area contributed by atoms with E-state index in [9.17, 15) is 4.79 Å². The average Bonchev–Trinajstić information content (AvgIpc) is 2.54. The van der Waals surface area contributed by atoms with Crippen molar-refractivity contribution in [3.05, 3.63) is 23.8 Å². The molecule has 4 nitrogen and oxygen atoms in total. The fourth-order valence-corrected chi connectivity index (χ4v) is 2.90. The van der Waals surface area contributed by atoms with Gasteiger partial charge in [-0.05, 0) is 37.5 Å². The van der Waals surface area contributed by atoms with E-state index in [0.29, 0.717) is 11.5 Å². The van der Waals surface area contributed by atoms with Crippen LogP contribution in [0.25, 0.3) is 0 Å². The van der Waals surface area contributed by atoms with Gasteiger partial charge in [0.15, 0.2) is 11.5 Å². The molecule has 1 fully saturated rings. The molecule has 116 valence electrons. The summed E-state index contributed by atoms with van der Waals surface area (Å²) in [5.74, 6) is 1.75. The van der Waals surface area contributed by atoms with Crippen molar-refractivity contribution in [3.8, 4) is 11.5 Å². The molecule has 0 aliphatic heterocycles. The fourth-order valence-electron chi connectivity index (χ4n) is 2.90. The second-order valence-corrected chi connectivity index (χ2v) is 5.68. The fraction of sp³-hybridized carbons (Fsp3) is 0.588. The zero-order valence-corrected chi connectivity index (χ0v) is 13.1. The van der Waals surface area contributed by atoms with Gasteiger partial charge >= 0.3 is 0 Å². The van der Waals surface area contributed by atoms with E-state index < -0.39 is 0 Å². The number of hydrogen-bond donors (Lipinski definition) is 1. The number of hydrogen-bond acceptors (Lipinski definition) is 3. The quantitative estimate of drug-likeness (QED) is 0.903. The first-order chi connectivity index (χ1) is 10.2. The summed E-state index contributed by atoms with van der Waals surface area (Å²) in [7, 11) is 3.23. The minimum atomic E-state index is -0.0285. The number of nitrogens with one attached hydrogen (secondary N) is 1. The zero-order chi connectivity index (χ0) is 15.2. The molecular weight excluding hydrogens is 266 g/mol. The standard InChI is InChI=1S/C17H25NO3/c1-12(18-17(19)13-7-5-4-6-8-13)14-9-10-15(20-2)16(11-14)21-3/h9-13H,4-8H2,1-3H3,(H,18,19)/t12-/m0/s1. The predicted octanol–water partition coefficient (Wildman–Crippen LogP) is 3.46. The molecule has 1 saturated carbocycles. The van der Waals surface area contributed by atoms with Gasteiger partial charge in [0, 0.05) is 5.92 Å². The van der Waals surface area contributed by atoms with E-state index >= 15 is 0 Å². The SMILES string of the molecule is COc1ccc([C@H](C)NC(=O)C2CCCCC2)cc1OC. The van der Waals surface area contributed by atoms with Gasteiger partial charge in [0.2, 0.25) is 5.91 Å². The van der Waals surface area contributed by atoms with E-state index in [1.807, 2.05) is 25.1 Å². The molecule has 0 spiro atoms. The lowest BCUT2D eigenvalue weighted by molar-refractivity contribution is -0.126. The van der Waals surface area contributed by atoms with Gasteiger partial charge in [-0.25, -0.2) is 0 Å². The highest BCUT2D eigenvalue weighted by molar-refractivity contribution is 5.79. The summed E-state index contributed by atoms with van der Waals surface area (Å²) in [4.78, 5) is 12.3. The summed E-state index contributed by atoms with van der Waals surface area (Å²) < 4.78 is 10.5. The minimum Gasteiger partial charge on any atom is -0.493 e. The summed E-state index contributed by atoms with van der Waals surface area (Å²) in [5, 5.41) is 3.12. The monoisotopic (exact) mass is 291 g/mol. The van der Waals surface area contributed by atoms with Crippen molar-refractivity contribution in [1.29, 1.82) is 0 Å². The highest BCUT2D eigenvalue weighted by Crippen LogP contribution is 2.30. The van der Waals surface area contributed by atoms with Gasteiger partial charge in [0.1, 0.15) is 0 Å². The smallest absolute Gasteiger partial charge is 0.223 e. The Labute approximate surface area is 126 Å². The van der Waals surface area contributed by atoms with Crippen LogP contribution in [-0.2, 0) is 4.79 Å². The van der Waals surface area contributed by atoms with E-state index in [0.717, 1.165) is 18.4 Å². The van der Waals surface area contributed by atoms with Crippen molar-refractivity contribution in [3.63, 3.8) is 0 Å². The molecule has 1 aliphatic carbocycles. The van der Waals surface area contributed by atoms with Crippen molar-refractivity contribution < 1.29 is 14.3 Å². The molecule has 0 bridgehead atoms. The molecule has 4 heteroatoms. The van der Waals surface area contributed by atoms with E-state index in [1.54, 1.807) is 14.2 Å². The molecule has 1 aromatic carbocycles. The van der Waals surface area contributed by atoms with Gasteiger partial charge < -0.3 is 14.8 Å². The first-order valence-corrected chi connectivity index (χ1v) is 7.68. The van der Waals surface area contributed by atoms with Gasteiger partial charge in [0.05, 0.1) is 20.3 Å². The number of carbonyl (C=O) groups is 1. The van der Waals surface area contributed by atoms with Crippen LogP contribution in [0.4, 0.5) is 0 Å². The molecule has 0 aromatic heterocycles. The summed E-state index contributed by atoms with van der Waals surface area (Å²) in [5.41, 5.74) is 1.02. The average molecular weight is 291 g/mol. The largest absolute Gasteiger partial charge is 0.493 e. The van der Waals surface area contributed by atoms with Crippen LogP contribution >= 0.6 is 0 Å². The zero-order valence-electron chi connectivity index (χ0n) is 13.1. The van der Waals surface area contributed by atoms with Gasteiger partial charge in [-0.1, -0.05) is 25.3 Å². The van der Waals surface area contributed by atoms with E-state index in [-0.39, 0.29) is 17.9 Å². The van der Waals surface area contributed by atoms with Crippen LogP contribution in [0, 0.1) is 5.92 Å². The van der Waals surface area contributed by atoms with Crippen molar-refractivity contribution in [2.45, 2.75) is 45.1 Å². The summed E-state index contributed by atoms with van der Waals surface area (Å²) >= 11 is 0. The number of methoxy groups -OCH3 is 2. The molecular formula is C17H25NO3. The molecule has 1 aromatic rings. The lowest BCUT2D eigenvalue weighted by Crippen LogP contribution is -2.33. The van der Waals surface area contributed by atoms with Crippen LogP contribution in [0.3, 0.4) is 0 Å². The summed E-state index contributed by atoms with van der Waals surface area (Å²) in [6.07, 6.45) is 5.63. The number of benzene rings is 1. The number of rotatable bonds is 5. The molecule has 0 radical (unpaired) electrons. The molecule has 1 aliphatic rings. The minimum absolute atomic E-state index is 0.0285. The highest BCUT2D eigenvalue weighted by Gasteiger charge is 2.22. The molecule has 0 saturated heterocycles. The molecule has 1 amide bonds. The highest BCUT2D eigenvalue weighted by atomic mass is 16.5. The molecule has 21 heavy (non-hydrogen) atoms. The third kappa shape index (κ3) is 3.90. The van der Waals surface area contributed by atoms with E-state index in [4.69, 9.17) is 9.47 Å². The second-order valence-electron chi connectivity index (χ2n) is 5.68. The Balaban J connectivity index is 2.02. The molecule has 0 heterocycles. The lowest BCUT2D eigenvalue weighted by atomic mass is 9.88. The number of amides is 1. The Kier molecular flexibility index (Phi) is 5.48. The van der Waals surface area contributed by atoms with Gasteiger partial charge in [0.25, 0.3) is 0 Å². The van der Waals surface area contributed by atoms with Crippen LogP contribution in [0.1, 0.15) is 50.6 Å². The summed E-state index contributed by atoms with van der Waals surface area (Å²) in [6.45, 7) is 2.00. The van der Waals surface area contributed by atoms with E-state index in [1.165, 1.54) is 19.3 Å². The van der Waals surface area contributed by atoms with E-state index in [2.05, 4.69) is 5.32 Å². The van der Waals surface area contributed by atoms with Crippen molar-refractivity contribution in [2.75, 3.05) is 14.2 Å². The van der Waals surface area contributed by atoms with Crippen molar-refractivity contribution in [2.24, 2.45) is 5.92 Å². The van der Waals surface area contributed by atoms with Crippen LogP contribution in [-0.4, -0.2) is 20.1 Å². The predicted molar refractivity (Wildman–Crippen MR) is 82.7 cm³/mol. The van der Waals surface area contributed by atoms with Crippen LogP contribution < -0.4 is 14.8 Å². The van der Waals surface area contributed by atoms with Crippen LogP contribution in [0.15, 0.2) is 18.2 Å². The third-order valence-corrected chi connectivity index (χ3v) is 4.24. The summed E-state index contributed by atoms with van der Waals surface area (Å²) in [6, 6.07) is 5.73. The van der Waals surface area contributed by atoms with Gasteiger partial charge in [-0.3, -0.25) is 4.79 Å². The lowest BCUT2D eigenvalue weighted by Gasteiger charge is -2.23. The molecule has 0 unspecified atom stereocenters. The maximum absolute atomic E-state index is 12.3. The van der Waals surface area contributed by atoms with Gasteiger partial charge in [-0.2, -0.15) is 0 Å². The normalized spacial score (nSPS) is 17.1. The number of ether oxygens (including phenoxy) is 2. The van der Waals surface area contributed by atoms with Crippen LogP contribution in [0.5, 0.6) is 11.5 Å². The first-order valence-electron chi connectivity index (χ1n) is 7.68. The Morgan fingerprint density at radius 3 is 2.43 bits per heavy atom. The molecule has 1 atom stereocenters. The Hall–Kier alpha value is -1.71. The number of carbonyl (C=O) groups excluding carboxylic acids is 1. The Morgan fingerprint density at radius 1 is 1.14 bits per heavy atom. The molecule has 2 rings (SSSR count). The second kappa shape index (κ2) is 7.34. The Morgan fingerprint density at radius 2 is 1.81 bits per heavy atom. The topological polar surface area (TPSA) is 47.6 Å². The first kappa shape index (κ1) is 15.7. The molecule has 1 N–H and O–H groups in total.